The van der Waals surface area contributed by atoms with Crippen LogP contribution in [0, 0.1) is 6.92 Å². The quantitative estimate of drug-likeness (QED) is 0.933. The van der Waals surface area contributed by atoms with Crippen LogP contribution in [0.5, 0.6) is 0 Å². The molecule has 1 aliphatic rings. The van der Waals surface area contributed by atoms with E-state index in [4.69, 9.17) is 0 Å². The second-order valence-corrected chi connectivity index (χ2v) is 6.26. The molecular formula is C18H22N4O2. The van der Waals surface area contributed by atoms with Crippen LogP contribution in [0.15, 0.2) is 29.1 Å². The van der Waals surface area contributed by atoms with Crippen molar-refractivity contribution in [2.75, 3.05) is 13.1 Å². The summed E-state index contributed by atoms with van der Waals surface area (Å²) in [7, 11) is 0. The van der Waals surface area contributed by atoms with Gasteiger partial charge in [-0.15, -0.1) is 10.2 Å². The van der Waals surface area contributed by atoms with E-state index in [1.807, 2.05) is 36.1 Å². The number of amides is 1. The lowest BCUT2D eigenvalue weighted by molar-refractivity contribution is -0.132. The van der Waals surface area contributed by atoms with Gasteiger partial charge in [0.1, 0.15) is 5.69 Å². The molecule has 1 N–H and O–H groups in total. The lowest BCUT2D eigenvalue weighted by Gasteiger charge is -2.26. The van der Waals surface area contributed by atoms with E-state index < -0.39 is 0 Å². The Labute approximate surface area is 140 Å². The zero-order valence-corrected chi connectivity index (χ0v) is 13.9. The molecule has 2 aromatic rings. The van der Waals surface area contributed by atoms with Gasteiger partial charge in [-0.25, -0.2) is 0 Å². The number of piperidine rings is 1. The number of nitrogens with zero attached hydrogens (tertiary/aromatic N) is 3. The zero-order chi connectivity index (χ0) is 16.9. The molecule has 1 saturated heterocycles. The fourth-order valence-electron chi connectivity index (χ4n) is 2.89. The lowest BCUT2D eigenvalue weighted by Crippen LogP contribution is -2.36. The molecule has 126 valence electrons. The predicted molar refractivity (Wildman–Crippen MR) is 91.6 cm³/mol. The maximum atomic E-state index is 12.2. The number of carbonyl (C=O) groups excluding carboxylic acids is 1. The molecule has 0 unspecified atom stereocenters. The molecule has 1 aromatic carbocycles. The van der Waals surface area contributed by atoms with Crippen molar-refractivity contribution in [1.82, 2.24) is 20.1 Å². The molecule has 0 atom stereocenters. The third kappa shape index (κ3) is 3.88. The van der Waals surface area contributed by atoms with Crippen molar-refractivity contribution in [1.29, 1.82) is 0 Å². The average molecular weight is 326 g/mol. The zero-order valence-electron chi connectivity index (χ0n) is 13.9. The summed E-state index contributed by atoms with van der Waals surface area (Å²) in [6, 6.07) is 7.71. The Hall–Kier alpha value is -2.50. The molecule has 3 rings (SSSR count). The molecule has 0 spiro atoms. The van der Waals surface area contributed by atoms with Crippen LogP contribution in [0.2, 0.25) is 0 Å². The smallest absolute Gasteiger partial charge is 0.273 e. The fraction of sp³-hybridized carbons (Fsp3) is 0.444. The average Bonchev–Trinajstić information content (AvgIpc) is 2.62. The number of hydrogen-bond acceptors (Lipinski definition) is 4. The summed E-state index contributed by atoms with van der Waals surface area (Å²) in [6.45, 7) is 3.65. The first-order valence-electron chi connectivity index (χ1n) is 8.44. The van der Waals surface area contributed by atoms with Crippen molar-refractivity contribution >= 4 is 5.91 Å². The molecule has 1 amide bonds. The van der Waals surface area contributed by atoms with Crippen molar-refractivity contribution in [2.45, 2.75) is 39.0 Å². The summed E-state index contributed by atoms with van der Waals surface area (Å²) in [5, 5.41) is 8.13. The van der Waals surface area contributed by atoms with Crippen molar-refractivity contribution in [3.63, 3.8) is 0 Å². The van der Waals surface area contributed by atoms with E-state index >= 15 is 0 Å². The molecule has 0 bridgehead atoms. The molecule has 0 aliphatic carbocycles. The number of H-pyrrole nitrogens is 1. The van der Waals surface area contributed by atoms with Crippen LogP contribution in [0.4, 0.5) is 0 Å². The molecule has 1 fully saturated rings. The summed E-state index contributed by atoms with van der Waals surface area (Å²) in [6.07, 6.45) is 3.96. The lowest BCUT2D eigenvalue weighted by atomic mass is 10.1. The van der Waals surface area contributed by atoms with Crippen LogP contribution < -0.4 is 5.56 Å². The molecule has 0 radical (unpaired) electrons. The first-order valence-corrected chi connectivity index (χ1v) is 8.44. The number of hydrogen-bond donors (Lipinski definition) is 1. The van der Waals surface area contributed by atoms with Crippen LogP contribution in [0.25, 0.3) is 11.4 Å². The van der Waals surface area contributed by atoms with Gasteiger partial charge in [-0.05, 0) is 26.2 Å². The molecule has 6 nitrogen and oxygen atoms in total. The van der Waals surface area contributed by atoms with Gasteiger partial charge < -0.3 is 9.88 Å². The Morgan fingerprint density at radius 1 is 1.12 bits per heavy atom. The predicted octanol–water partition coefficient (Wildman–Crippen LogP) is 2.09. The van der Waals surface area contributed by atoms with E-state index in [2.05, 4.69) is 15.2 Å². The normalized spacial score (nSPS) is 14.6. The highest BCUT2D eigenvalue weighted by Gasteiger charge is 2.17. The maximum absolute atomic E-state index is 12.2. The van der Waals surface area contributed by atoms with Crippen LogP contribution in [-0.4, -0.2) is 39.1 Å². The molecule has 24 heavy (non-hydrogen) atoms. The summed E-state index contributed by atoms with van der Waals surface area (Å²) in [4.78, 5) is 29.0. The Kier molecular flexibility index (Phi) is 5.03. The van der Waals surface area contributed by atoms with Gasteiger partial charge in [-0.1, -0.05) is 29.8 Å². The molecule has 0 saturated carbocycles. The van der Waals surface area contributed by atoms with Crippen molar-refractivity contribution in [3.05, 3.63) is 45.9 Å². The van der Waals surface area contributed by atoms with Crippen molar-refractivity contribution < 1.29 is 4.79 Å². The Bertz CT molecular complexity index is 761. The van der Waals surface area contributed by atoms with E-state index in [0.717, 1.165) is 37.1 Å². The van der Waals surface area contributed by atoms with E-state index in [-0.39, 0.29) is 11.5 Å². The van der Waals surface area contributed by atoms with Crippen LogP contribution >= 0.6 is 0 Å². The summed E-state index contributed by atoms with van der Waals surface area (Å²) < 4.78 is 0. The van der Waals surface area contributed by atoms with Crippen LogP contribution in [-0.2, 0) is 11.2 Å². The molecule has 2 heterocycles. The first kappa shape index (κ1) is 16.4. The van der Waals surface area contributed by atoms with E-state index in [0.29, 0.717) is 24.4 Å². The number of likely N-dealkylation sites (tertiary alicyclic amines) is 1. The van der Waals surface area contributed by atoms with Gasteiger partial charge in [0.25, 0.3) is 5.56 Å². The number of carbonyl (C=O) groups is 1. The second-order valence-electron chi connectivity index (χ2n) is 6.26. The van der Waals surface area contributed by atoms with Gasteiger partial charge >= 0.3 is 0 Å². The second kappa shape index (κ2) is 7.38. The minimum Gasteiger partial charge on any atom is -0.343 e. The minimum absolute atomic E-state index is 0.0958. The summed E-state index contributed by atoms with van der Waals surface area (Å²) >= 11 is 0. The Morgan fingerprint density at radius 3 is 2.50 bits per heavy atom. The van der Waals surface area contributed by atoms with Gasteiger partial charge in [0.15, 0.2) is 5.82 Å². The number of aromatic nitrogens is 3. The fourth-order valence-corrected chi connectivity index (χ4v) is 2.89. The highest BCUT2D eigenvalue weighted by atomic mass is 16.2. The largest absolute Gasteiger partial charge is 0.343 e. The van der Waals surface area contributed by atoms with Gasteiger partial charge in [0.2, 0.25) is 5.91 Å². The maximum Gasteiger partial charge on any atom is 0.273 e. The highest BCUT2D eigenvalue weighted by Crippen LogP contribution is 2.14. The molecule has 1 aromatic heterocycles. The molecule has 6 heteroatoms. The molecule has 1 aliphatic heterocycles. The Balaban J connectivity index is 1.65. The minimum atomic E-state index is -0.271. The topological polar surface area (TPSA) is 79.0 Å². The van der Waals surface area contributed by atoms with E-state index in [1.54, 1.807) is 0 Å². The number of aromatic amines is 1. The van der Waals surface area contributed by atoms with Crippen LogP contribution in [0.1, 0.15) is 36.9 Å². The standard InChI is InChI=1S/C18H22N4O2/c1-13-5-7-14(8-6-13)17-19-18(24)15(20-21-17)9-10-16(23)22-11-3-2-4-12-22/h5-8H,2-4,9-12H2,1H3,(H,19,21,24). The van der Waals surface area contributed by atoms with E-state index in [1.165, 1.54) is 6.42 Å². The summed E-state index contributed by atoms with van der Waals surface area (Å²) in [5.41, 5.74) is 2.01. The first-order chi connectivity index (χ1) is 11.6. The van der Waals surface area contributed by atoms with E-state index in [9.17, 15) is 9.59 Å². The number of rotatable bonds is 4. The van der Waals surface area contributed by atoms with Gasteiger partial charge in [-0.2, -0.15) is 0 Å². The third-order valence-corrected chi connectivity index (χ3v) is 4.37. The number of benzene rings is 1. The third-order valence-electron chi connectivity index (χ3n) is 4.37. The van der Waals surface area contributed by atoms with Gasteiger partial charge in [0, 0.05) is 31.5 Å². The van der Waals surface area contributed by atoms with Gasteiger partial charge in [-0.3, -0.25) is 9.59 Å². The Morgan fingerprint density at radius 2 is 1.83 bits per heavy atom. The number of nitrogens with one attached hydrogen (secondary N) is 1. The van der Waals surface area contributed by atoms with Crippen LogP contribution in [0.3, 0.4) is 0 Å². The number of aryl methyl sites for hydroxylation is 2. The van der Waals surface area contributed by atoms with Gasteiger partial charge in [0.05, 0.1) is 0 Å². The van der Waals surface area contributed by atoms with Crippen molar-refractivity contribution in [3.8, 4) is 11.4 Å². The monoisotopic (exact) mass is 326 g/mol. The summed E-state index contributed by atoms with van der Waals surface area (Å²) in [5.74, 6) is 0.546. The SMILES string of the molecule is Cc1ccc(-c2nnc(CCC(=O)N3CCCCC3)c(=O)[nH]2)cc1. The molecular weight excluding hydrogens is 304 g/mol. The highest BCUT2D eigenvalue weighted by molar-refractivity contribution is 5.76. The van der Waals surface area contributed by atoms with Crippen molar-refractivity contribution in [2.24, 2.45) is 0 Å².